The Bertz CT molecular complexity index is 928. The Morgan fingerprint density at radius 2 is 1.63 bits per heavy atom. The SMILES string of the molecule is CC(=O)Nc1ccc(Nc2nccc(C(=O)NCc3ccncc3)n2)cc1. The normalized spacial score (nSPS) is 10.1. The lowest BCUT2D eigenvalue weighted by atomic mass is 10.2. The van der Waals surface area contributed by atoms with Gasteiger partial charge in [-0.3, -0.25) is 14.6 Å². The van der Waals surface area contributed by atoms with Crippen LogP contribution in [0, 0.1) is 0 Å². The smallest absolute Gasteiger partial charge is 0.270 e. The van der Waals surface area contributed by atoms with Gasteiger partial charge in [0.05, 0.1) is 0 Å². The van der Waals surface area contributed by atoms with E-state index < -0.39 is 0 Å². The zero-order valence-electron chi connectivity index (χ0n) is 14.6. The first-order chi connectivity index (χ1) is 13.1. The molecule has 0 saturated heterocycles. The molecule has 136 valence electrons. The monoisotopic (exact) mass is 362 g/mol. The van der Waals surface area contributed by atoms with E-state index in [9.17, 15) is 9.59 Å². The number of nitrogens with zero attached hydrogens (tertiary/aromatic N) is 3. The van der Waals surface area contributed by atoms with Crippen molar-refractivity contribution in [2.24, 2.45) is 0 Å². The lowest BCUT2D eigenvalue weighted by Gasteiger charge is -2.08. The van der Waals surface area contributed by atoms with Gasteiger partial charge >= 0.3 is 0 Å². The second kappa shape index (κ2) is 8.52. The van der Waals surface area contributed by atoms with Crippen LogP contribution in [0.15, 0.2) is 61.1 Å². The standard InChI is InChI=1S/C19H18N6O2/c1-13(26)23-15-2-4-16(5-3-15)24-19-21-11-8-17(25-19)18(27)22-12-14-6-9-20-10-7-14/h2-11H,12H2,1H3,(H,22,27)(H,23,26)(H,21,24,25). The molecule has 0 atom stereocenters. The average molecular weight is 362 g/mol. The molecule has 0 unspecified atom stereocenters. The van der Waals surface area contributed by atoms with Crippen LogP contribution in [-0.2, 0) is 11.3 Å². The minimum Gasteiger partial charge on any atom is -0.347 e. The third-order valence-electron chi connectivity index (χ3n) is 3.55. The zero-order chi connectivity index (χ0) is 19.1. The Labute approximate surface area is 156 Å². The van der Waals surface area contributed by atoms with Crippen molar-refractivity contribution in [1.82, 2.24) is 20.3 Å². The maximum Gasteiger partial charge on any atom is 0.270 e. The lowest BCUT2D eigenvalue weighted by molar-refractivity contribution is -0.114. The first-order valence-electron chi connectivity index (χ1n) is 8.25. The molecular formula is C19H18N6O2. The van der Waals surface area contributed by atoms with E-state index in [1.54, 1.807) is 42.7 Å². The number of anilines is 3. The quantitative estimate of drug-likeness (QED) is 0.622. The number of hydrogen-bond acceptors (Lipinski definition) is 6. The Kier molecular flexibility index (Phi) is 5.68. The van der Waals surface area contributed by atoms with Gasteiger partial charge in [-0.1, -0.05) is 0 Å². The number of rotatable bonds is 6. The Balaban J connectivity index is 1.62. The molecule has 0 aliphatic carbocycles. The molecule has 3 N–H and O–H groups in total. The summed E-state index contributed by atoms with van der Waals surface area (Å²) in [5.74, 6) is -0.123. The van der Waals surface area contributed by atoms with Gasteiger partial charge in [-0.05, 0) is 48.0 Å². The number of carbonyl (C=O) groups excluding carboxylic acids is 2. The van der Waals surface area contributed by atoms with Gasteiger partial charge in [-0.15, -0.1) is 0 Å². The largest absolute Gasteiger partial charge is 0.347 e. The molecule has 0 radical (unpaired) electrons. The average Bonchev–Trinajstić information content (AvgIpc) is 2.68. The van der Waals surface area contributed by atoms with Gasteiger partial charge in [-0.25, -0.2) is 9.97 Å². The van der Waals surface area contributed by atoms with Crippen LogP contribution < -0.4 is 16.0 Å². The number of pyridine rings is 1. The summed E-state index contributed by atoms with van der Waals surface area (Å²) in [7, 11) is 0. The maximum absolute atomic E-state index is 12.3. The van der Waals surface area contributed by atoms with Crippen molar-refractivity contribution in [2.75, 3.05) is 10.6 Å². The third-order valence-corrected chi connectivity index (χ3v) is 3.55. The number of amides is 2. The highest BCUT2D eigenvalue weighted by molar-refractivity contribution is 5.92. The first kappa shape index (κ1) is 18.0. The van der Waals surface area contributed by atoms with Crippen LogP contribution >= 0.6 is 0 Å². The lowest BCUT2D eigenvalue weighted by Crippen LogP contribution is -2.24. The fraction of sp³-hybridized carbons (Fsp3) is 0.105. The summed E-state index contributed by atoms with van der Waals surface area (Å²) in [4.78, 5) is 35.6. The second-order valence-corrected chi connectivity index (χ2v) is 5.69. The summed E-state index contributed by atoms with van der Waals surface area (Å²) in [5.41, 5.74) is 2.64. The molecule has 0 fully saturated rings. The van der Waals surface area contributed by atoms with Gasteiger partial charge in [0.2, 0.25) is 11.9 Å². The van der Waals surface area contributed by atoms with E-state index in [1.807, 2.05) is 12.1 Å². The molecular weight excluding hydrogens is 344 g/mol. The maximum atomic E-state index is 12.3. The van der Waals surface area contributed by atoms with Crippen LogP contribution in [0.4, 0.5) is 17.3 Å². The van der Waals surface area contributed by atoms with Crippen LogP contribution in [-0.4, -0.2) is 26.8 Å². The Morgan fingerprint density at radius 1 is 0.926 bits per heavy atom. The van der Waals surface area contributed by atoms with Crippen LogP contribution in [0.2, 0.25) is 0 Å². The summed E-state index contributed by atoms with van der Waals surface area (Å²) >= 11 is 0. The minimum absolute atomic E-state index is 0.135. The molecule has 0 saturated carbocycles. The highest BCUT2D eigenvalue weighted by Gasteiger charge is 2.09. The van der Waals surface area contributed by atoms with Gasteiger partial charge in [0.25, 0.3) is 5.91 Å². The van der Waals surface area contributed by atoms with Gasteiger partial charge in [0.1, 0.15) is 5.69 Å². The van der Waals surface area contributed by atoms with Crippen LogP contribution in [0.25, 0.3) is 0 Å². The summed E-state index contributed by atoms with van der Waals surface area (Å²) in [6, 6.07) is 12.3. The number of hydrogen-bond donors (Lipinski definition) is 3. The predicted octanol–water partition coefficient (Wildman–Crippen LogP) is 2.50. The predicted molar refractivity (Wildman–Crippen MR) is 101 cm³/mol. The molecule has 8 heteroatoms. The van der Waals surface area contributed by atoms with Crippen molar-refractivity contribution in [3.8, 4) is 0 Å². The first-order valence-corrected chi connectivity index (χ1v) is 8.25. The molecule has 0 bridgehead atoms. The molecule has 27 heavy (non-hydrogen) atoms. The van der Waals surface area contributed by atoms with Crippen molar-refractivity contribution in [3.63, 3.8) is 0 Å². The summed E-state index contributed by atoms with van der Waals surface area (Å²) in [6.07, 6.45) is 4.86. The van der Waals surface area contributed by atoms with Gasteiger partial charge < -0.3 is 16.0 Å². The number of aromatic nitrogens is 3. The van der Waals surface area contributed by atoms with E-state index in [2.05, 4.69) is 30.9 Å². The van der Waals surface area contributed by atoms with Crippen LogP contribution in [0.3, 0.4) is 0 Å². The van der Waals surface area contributed by atoms with Crippen molar-refractivity contribution < 1.29 is 9.59 Å². The van der Waals surface area contributed by atoms with Gasteiger partial charge in [0.15, 0.2) is 0 Å². The minimum atomic E-state index is -0.293. The third kappa shape index (κ3) is 5.33. The van der Waals surface area contributed by atoms with Crippen molar-refractivity contribution >= 4 is 29.1 Å². The van der Waals surface area contributed by atoms with E-state index in [0.29, 0.717) is 18.2 Å². The van der Waals surface area contributed by atoms with Crippen LogP contribution in [0.5, 0.6) is 0 Å². The molecule has 2 aromatic heterocycles. The number of benzene rings is 1. The van der Waals surface area contributed by atoms with Crippen LogP contribution in [0.1, 0.15) is 23.0 Å². The molecule has 1 aromatic carbocycles. The van der Waals surface area contributed by atoms with Gasteiger partial charge in [0, 0.05) is 43.4 Å². The van der Waals surface area contributed by atoms with E-state index >= 15 is 0 Å². The molecule has 8 nitrogen and oxygen atoms in total. The summed E-state index contributed by atoms with van der Waals surface area (Å²) in [6.45, 7) is 1.84. The Hall–Kier alpha value is -3.81. The molecule has 2 heterocycles. The molecule has 0 aliphatic rings. The van der Waals surface area contributed by atoms with E-state index in [4.69, 9.17) is 0 Å². The summed E-state index contributed by atoms with van der Waals surface area (Å²) < 4.78 is 0. The highest BCUT2D eigenvalue weighted by Crippen LogP contribution is 2.16. The van der Waals surface area contributed by atoms with E-state index in [-0.39, 0.29) is 17.5 Å². The molecule has 3 rings (SSSR count). The van der Waals surface area contributed by atoms with Crippen molar-refractivity contribution in [2.45, 2.75) is 13.5 Å². The fourth-order valence-corrected chi connectivity index (χ4v) is 2.29. The number of carbonyl (C=O) groups is 2. The molecule has 3 aromatic rings. The molecule has 2 amide bonds. The highest BCUT2D eigenvalue weighted by atomic mass is 16.2. The molecule has 0 aliphatic heterocycles. The summed E-state index contributed by atoms with van der Waals surface area (Å²) in [5, 5.41) is 8.53. The fourth-order valence-electron chi connectivity index (χ4n) is 2.29. The topological polar surface area (TPSA) is 109 Å². The van der Waals surface area contributed by atoms with E-state index in [0.717, 1.165) is 11.3 Å². The zero-order valence-corrected chi connectivity index (χ0v) is 14.6. The number of nitrogens with one attached hydrogen (secondary N) is 3. The van der Waals surface area contributed by atoms with Gasteiger partial charge in [-0.2, -0.15) is 0 Å². The molecule has 0 spiro atoms. The van der Waals surface area contributed by atoms with Crippen molar-refractivity contribution in [1.29, 1.82) is 0 Å². The Morgan fingerprint density at radius 3 is 2.33 bits per heavy atom. The second-order valence-electron chi connectivity index (χ2n) is 5.69. The van der Waals surface area contributed by atoms with E-state index in [1.165, 1.54) is 13.1 Å². The van der Waals surface area contributed by atoms with Crippen molar-refractivity contribution in [3.05, 3.63) is 72.3 Å².